The molecule has 0 bridgehead atoms. The van der Waals surface area contributed by atoms with E-state index in [1.165, 1.54) is 0 Å². The summed E-state index contributed by atoms with van der Waals surface area (Å²) in [6.45, 7) is 8.42. The highest BCUT2D eigenvalue weighted by Gasteiger charge is 2.46. The van der Waals surface area contributed by atoms with Crippen LogP contribution in [0.15, 0.2) is 48.0 Å². The number of likely N-dealkylation sites (tertiary alicyclic amines) is 1. The van der Waals surface area contributed by atoms with Crippen LogP contribution in [0.4, 0.5) is 0 Å². The Morgan fingerprint density at radius 3 is 2.41 bits per heavy atom. The number of benzene rings is 2. The lowest BCUT2D eigenvalue weighted by Crippen LogP contribution is -2.31. The van der Waals surface area contributed by atoms with Gasteiger partial charge in [0.1, 0.15) is 5.76 Å². The van der Waals surface area contributed by atoms with Gasteiger partial charge in [0.25, 0.3) is 11.7 Å². The molecule has 1 unspecified atom stereocenters. The fourth-order valence-corrected chi connectivity index (χ4v) is 4.00. The maximum absolute atomic E-state index is 13.0. The summed E-state index contributed by atoms with van der Waals surface area (Å²) in [5, 5.41) is 11.2. The third-order valence-corrected chi connectivity index (χ3v) is 5.67. The van der Waals surface area contributed by atoms with Gasteiger partial charge in [-0.1, -0.05) is 61.7 Å². The van der Waals surface area contributed by atoms with Gasteiger partial charge in [-0.05, 0) is 49.9 Å². The molecule has 2 aromatic carbocycles. The van der Waals surface area contributed by atoms with Crippen LogP contribution in [0.1, 0.15) is 60.0 Å². The second-order valence-electron chi connectivity index (χ2n) is 7.87. The van der Waals surface area contributed by atoms with Crippen molar-refractivity contribution in [3.05, 3.63) is 75.9 Å². The maximum Gasteiger partial charge on any atom is 0.295 e. The van der Waals surface area contributed by atoms with Crippen LogP contribution in [0.3, 0.4) is 0 Å². The number of aliphatic hydroxyl groups excluding tert-OH is 1. The fraction of sp³-hybridized carbons (Fsp3) is 0.360. The molecule has 1 amide bonds. The van der Waals surface area contributed by atoms with Crippen molar-refractivity contribution in [3.8, 4) is 0 Å². The van der Waals surface area contributed by atoms with E-state index >= 15 is 0 Å². The van der Waals surface area contributed by atoms with Gasteiger partial charge >= 0.3 is 0 Å². The first-order valence-corrected chi connectivity index (χ1v) is 10.3. The topological polar surface area (TPSA) is 57.6 Å². The van der Waals surface area contributed by atoms with Gasteiger partial charge in [0.15, 0.2) is 0 Å². The summed E-state index contributed by atoms with van der Waals surface area (Å²) in [4.78, 5) is 27.6. The summed E-state index contributed by atoms with van der Waals surface area (Å²) >= 11 is 0. The molecule has 0 radical (unpaired) electrons. The van der Waals surface area contributed by atoms with Crippen molar-refractivity contribution in [1.29, 1.82) is 0 Å². The van der Waals surface area contributed by atoms with Crippen molar-refractivity contribution >= 4 is 17.4 Å². The number of Topliss-reactive ketones (excluding diaryl/α,β-unsaturated/α-hetero) is 1. The van der Waals surface area contributed by atoms with Crippen molar-refractivity contribution in [2.45, 2.75) is 53.0 Å². The Labute approximate surface area is 172 Å². The zero-order valence-corrected chi connectivity index (χ0v) is 17.7. The van der Waals surface area contributed by atoms with E-state index in [1.807, 2.05) is 63.2 Å². The first-order chi connectivity index (χ1) is 13.9. The third kappa shape index (κ3) is 3.98. The Bertz CT molecular complexity index is 974. The Kier molecular flexibility index (Phi) is 6.21. The Morgan fingerprint density at radius 1 is 1.00 bits per heavy atom. The minimum absolute atomic E-state index is 0.0872. The van der Waals surface area contributed by atoms with Crippen molar-refractivity contribution in [1.82, 2.24) is 4.90 Å². The van der Waals surface area contributed by atoms with E-state index in [4.69, 9.17) is 0 Å². The number of rotatable bonds is 6. The van der Waals surface area contributed by atoms with E-state index in [2.05, 4.69) is 6.92 Å². The number of aryl methyl sites for hydroxylation is 3. The number of unbranched alkanes of at least 4 members (excludes halogenated alkanes) is 2. The van der Waals surface area contributed by atoms with Crippen LogP contribution >= 0.6 is 0 Å². The predicted molar refractivity (Wildman–Crippen MR) is 116 cm³/mol. The molecule has 0 aromatic heterocycles. The number of hydrogen-bond acceptors (Lipinski definition) is 3. The molecule has 1 fully saturated rings. The van der Waals surface area contributed by atoms with Gasteiger partial charge in [-0.25, -0.2) is 0 Å². The highest BCUT2D eigenvalue weighted by atomic mass is 16.3. The molecule has 29 heavy (non-hydrogen) atoms. The number of hydrogen-bond donors (Lipinski definition) is 1. The molecule has 3 rings (SSSR count). The van der Waals surface area contributed by atoms with E-state index in [-0.39, 0.29) is 11.3 Å². The summed E-state index contributed by atoms with van der Waals surface area (Å²) in [6.07, 6.45) is 2.84. The molecule has 0 saturated carbocycles. The molecule has 152 valence electrons. The smallest absolute Gasteiger partial charge is 0.295 e. The maximum atomic E-state index is 13.0. The molecule has 1 atom stereocenters. The number of carbonyl (C=O) groups is 2. The molecule has 1 heterocycles. The Balaban J connectivity index is 2.19. The Hall–Kier alpha value is -2.88. The first kappa shape index (κ1) is 20.8. The van der Waals surface area contributed by atoms with Gasteiger partial charge in [-0.15, -0.1) is 0 Å². The lowest BCUT2D eigenvalue weighted by atomic mass is 9.91. The number of aliphatic hydroxyl groups is 1. The normalized spacial score (nSPS) is 18.5. The average Bonchev–Trinajstić information content (AvgIpc) is 2.94. The lowest BCUT2D eigenvalue weighted by Gasteiger charge is -2.26. The highest BCUT2D eigenvalue weighted by molar-refractivity contribution is 6.46. The molecule has 1 saturated heterocycles. The quantitative estimate of drug-likeness (QED) is 0.318. The number of carbonyl (C=O) groups excluding carboxylic acids is 2. The van der Waals surface area contributed by atoms with Gasteiger partial charge in [0.05, 0.1) is 11.6 Å². The van der Waals surface area contributed by atoms with Crippen LogP contribution in [0.5, 0.6) is 0 Å². The van der Waals surface area contributed by atoms with Gasteiger partial charge in [0, 0.05) is 12.1 Å². The van der Waals surface area contributed by atoms with E-state index in [0.717, 1.165) is 41.5 Å². The van der Waals surface area contributed by atoms with E-state index in [1.54, 1.807) is 4.90 Å². The average molecular weight is 392 g/mol. The van der Waals surface area contributed by atoms with Crippen LogP contribution in [0, 0.1) is 20.8 Å². The summed E-state index contributed by atoms with van der Waals surface area (Å²) in [5.74, 6) is -1.22. The molecule has 0 spiro atoms. The molecular weight excluding hydrogens is 362 g/mol. The van der Waals surface area contributed by atoms with Crippen LogP contribution in [-0.4, -0.2) is 28.2 Å². The molecule has 1 aliphatic rings. The summed E-state index contributed by atoms with van der Waals surface area (Å²) in [7, 11) is 0. The minimum atomic E-state index is -0.604. The summed E-state index contributed by atoms with van der Waals surface area (Å²) < 4.78 is 0. The highest BCUT2D eigenvalue weighted by Crippen LogP contribution is 2.41. The molecule has 1 N–H and O–H groups in total. The molecular formula is C25H29NO3. The van der Waals surface area contributed by atoms with Gasteiger partial charge in [-0.3, -0.25) is 9.59 Å². The monoisotopic (exact) mass is 391 g/mol. The van der Waals surface area contributed by atoms with Crippen molar-refractivity contribution in [2.75, 3.05) is 6.54 Å². The van der Waals surface area contributed by atoms with Crippen molar-refractivity contribution in [3.63, 3.8) is 0 Å². The summed E-state index contributed by atoms with van der Waals surface area (Å²) in [6, 6.07) is 12.9. The molecule has 4 heteroatoms. The number of ketones is 1. The molecule has 0 aliphatic carbocycles. The first-order valence-electron chi connectivity index (χ1n) is 10.3. The van der Waals surface area contributed by atoms with Gasteiger partial charge in [0.2, 0.25) is 0 Å². The van der Waals surface area contributed by atoms with Gasteiger partial charge in [-0.2, -0.15) is 0 Å². The zero-order valence-electron chi connectivity index (χ0n) is 17.7. The molecule has 1 aliphatic heterocycles. The second kappa shape index (κ2) is 8.64. The number of amides is 1. The second-order valence-corrected chi connectivity index (χ2v) is 7.87. The predicted octanol–water partition coefficient (Wildman–Crippen LogP) is 5.22. The van der Waals surface area contributed by atoms with E-state index in [0.29, 0.717) is 12.1 Å². The number of nitrogens with zero attached hydrogens (tertiary/aromatic N) is 1. The molecule has 2 aromatic rings. The zero-order chi connectivity index (χ0) is 21.1. The fourth-order valence-electron chi connectivity index (χ4n) is 4.00. The third-order valence-electron chi connectivity index (χ3n) is 5.67. The van der Waals surface area contributed by atoms with Crippen LogP contribution in [0.25, 0.3) is 5.76 Å². The van der Waals surface area contributed by atoms with Crippen LogP contribution in [-0.2, 0) is 9.59 Å². The van der Waals surface area contributed by atoms with Crippen molar-refractivity contribution in [2.24, 2.45) is 0 Å². The van der Waals surface area contributed by atoms with Crippen molar-refractivity contribution < 1.29 is 14.7 Å². The largest absolute Gasteiger partial charge is 0.507 e. The van der Waals surface area contributed by atoms with E-state index in [9.17, 15) is 14.7 Å². The molecule has 4 nitrogen and oxygen atoms in total. The lowest BCUT2D eigenvalue weighted by molar-refractivity contribution is -0.139. The van der Waals surface area contributed by atoms with E-state index < -0.39 is 17.7 Å². The van der Waals surface area contributed by atoms with Crippen LogP contribution < -0.4 is 0 Å². The standard InChI is InChI=1S/C25H29NO3/c1-5-6-9-14-26-22(19-11-8-7-10-17(19)3)21(24(28)25(26)29)23(27)20-15-16(2)12-13-18(20)4/h7-8,10-13,15,22,27H,5-6,9,14H2,1-4H3/b23-21+. The minimum Gasteiger partial charge on any atom is -0.507 e. The summed E-state index contributed by atoms with van der Waals surface area (Å²) in [5.41, 5.74) is 4.53. The van der Waals surface area contributed by atoms with Crippen LogP contribution in [0.2, 0.25) is 0 Å². The SMILES string of the molecule is CCCCCN1C(=O)C(=O)/C(=C(/O)c2cc(C)ccc2C)C1c1ccccc1C. The Morgan fingerprint density at radius 2 is 1.72 bits per heavy atom. The van der Waals surface area contributed by atoms with Gasteiger partial charge < -0.3 is 10.0 Å².